The van der Waals surface area contributed by atoms with Crippen LogP contribution >= 0.6 is 22.9 Å². The van der Waals surface area contributed by atoms with Gasteiger partial charge in [-0.1, -0.05) is 43.5 Å². The van der Waals surface area contributed by atoms with Crippen molar-refractivity contribution in [3.8, 4) is 10.4 Å². The molecule has 0 spiro atoms. The highest BCUT2D eigenvalue weighted by Gasteiger charge is 2.27. The Morgan fingerprint density at radius 3 is 2.45 bits per heavy atom. The Hall–Kier alpha value is -2.31. The summed E-state index contributed by atoms with van der Waals surface area (Å²) in [6.45, 7) is 2.22. The van der Waals surface area contributed by atoms with Crippen molar-refractivity contribution in [2.75, 3.05) is 12.4 Å². The zero-order valence-corrected chi connectivity index (χ0v) is 18.0. The van der Waals surface area contributed by atoms with Gasteiger partial charge in [0, 0.05) is 9.90 Å². The Kier molecular flexibility index (Phi) is 6.98. The number of thiophene rings is 1. The lowest BCUT2D eigenvalue weighted by Crippen LogP contribution is -2.24. The number of amides is 1. The molecule has 29 heavy (non-hydrogen) atoms. The van der Waals surface area contributed by atoms with Crippen molar-refractivity contribution in [2.45, 2.75) is 32.6 Å². The SMILES string of the molecule is COC=C(C(=O)Nc1cc(-c2ccc(Cl)cc2)sc1C(=O)O)C1CCC(C)CC1. The second-order valence-electron chi connectivity index (χ2n) is 7.39. The maximum atomic E-state index is 13.0. The van der Waals surface area contributed by atoms with E-state index in [0.717, 1.165) is 47.5 Å². The van der Waals surface area contributed by atoms with Gasteiger partial charge in [0.25, 0.3) is 5.91 Å². The lowest BCUT2D eigenvalue weighted by Gasteiger charge is -2.27. The molecule has 3 rings (SSSR count). The summed E-state index contributed by atoms with van der Waals surface area (Å²) in [5.74, 6) is -0.604. The first-order valence-electron chi connectivity index (χ1n) is 9.56. The van der Waals surface area contributed by atoms with Crippen LogP contribution in [0.3, 0.4) is 0 Å². The van der Waals surface area contributed by atoms with Gasteiger partial charge in [-0.2, -0.15) is 0 Å². The predicted octanol–water partition coefficient (Wildman–Crippen LogP) is 6.06. The van der Waals surface area contributed by atoms with Gasteiger partial charge in [-0.05, 0) is 48.4 Å². The first kappa shape index (κ1) is 21.4. The lowest BCUT2D eigenvalue weighted by molar-refractivity contribution is -0.113. The number of carbonyl (C=O) groups is 2. The fourth-order valence-electron chi connectivity index (χ4n) is 3.63. The van der Waals surface area contributed by atoms with E-state index in [4.69, 9.17) is 16.3 Å². The van der Waals surface area contributed by atoms with Crippen LogP contribution in [0.4, 0.5) is 5.69 Å². The van der Waals surface area contributed by atoms with E-state index in [9.17, 15) is 14.7 Å². The smallest absolute Gasteiger partial charge is 0.348 e. The van der Waals surface area contributed by atoms with Crippen molar-refractivity contribution in [1.82, 2.24) is 0 Å². The molecule has 1 aliphatic rings. The maximum Gasteiger partial charge on any atom is 0.348 e. The number of nitrogens with one attached hydrogen (secondary N) is 1. The van der Waals surface area contributed by atoms with Crippen molar-refractivity contribution >= 4 is 40.5 Å². The number of halogens is 1. The van der Waals surface area contributed by atoms with Gasteiger partial charge in [0.2, 0.25) is 0 Å². The van der Waals surface area contributed by atoms with Gasteiger partial charge in [-0.25, -0.2) is 4.79 Å². The second kappa shape index (κ2) is 9.46. The lowest BCUT2D eigenvalue weighted by atomic mass is 9.79. The summed E-state index contributed by atoms with van der Waals surface area (Å²) in [6, 6.07) is 8.84. The number of methoxy groups -OCH3 is 1. The van der Waals surface area contributed by atoms with Gasteiger partial charge < -0.3 is 15.2 Å². The molecule has 1 amide bonds. The third kappa shape index (κ3) is 5.19. The third-order valence-corrected chi connectivity index (χ3v) is 6.69. The van der Waals surface area contributed by atoms with E-state index in [1.165, 1.54) is 13.4 Å². The molecule has 2 aromatic rings. The Morgan fingerprint density at radius 1 is 1.21 bits per heavy atom. The first-order valence-corrected chi connectivity index (χ1v) is 10.8. The summed E-state index contributed by atoms with van der Waals surface area (Å²) in [4.78, 5) is 25.6. The van der Waals surface area contributed by atoms with Crippen molar-refractivity contribution in [2.24, 2.45) is 11.8 Å². The normalized spacial score (nSPS) is 19.6. The molecule has 5 nitrogen and oxygen atoms in total. The van der Waals surface area contributed by atoms with Crippen LogP contribution in [0, 0.1) is 11.8 Å². The summed E-state index contributed by atoms with van der Waals surface area (Å²) in [7, 11) is 1.52. The molecule has 154 valence electrons. The van der Waals surface area contributed by atoms with Crippen LogP contribution in [0.1, 0.15) is 42.3 Å². The Labute approximate surface area is 179 Å². The molecular formula is C22H24ClNO4S. The van der Waals surface area contributed by atoms with Crippen LogP contribution in [0.15, 0.2) is 42.2 Å². The number of carboxylic acids is 1. The zero-order chi connectivity index (χ0) is 21.0. The minimum atomic E-state index is -1.07. The summed E-state index contributed by atoms with van der Waals surface area (Å²) >= 11 is 7.06. The van der Waals surface area contributed by atoms with Gasteiger partial charge in [-0.15, -0.1) is 11.3 Å². The fraction of sp³-hybridized carbons (Fsp3) is 0.364. The quantitative estimate of drug-likeness (QED) is 0.428. The highest BCUT2D eigenvalue weighted by Crippen LogP contribution is 2.37. The van der Waals surface area contributed by atoms with Gasteiger partial charge in [0.05, 0.1) is 24.6 Å². The molecule has 1 fully saturated rings. The molecule has 1 aromatic carbocycles. The van der Waals surface area contributed by atoms with Crippen LogP contribution < -0.4 is 5.32 Å². The number of ether oxygens (including phenoxy) is 1. The van der Waals surface area contributed by atoms with Crippen LogP contribution in [0.5, 0.6) is 0 Å². The van der Waals surface area contributed by atoms with Crippen LogP contribution in [-0.4, -0.2) is 24.1 Å². The first-order chi connectivity index (χ1) is 13.9. The summed E-state index contributed by atoms with van der Waals surface area (Å²) in [6.07, 6.45) is 5.48. The summed E-state index contributed by atoms with van der Waals surface area (Å²) in [5.41, 5.74) is 1.70. The average Bonchev–Trinajstić information content (AvgIpc) is 3.11. The molecular weight excluding hydrogens is 410 g/mol. The molecule has 2 N–H and O–H groups in total. The number of aromatic carboxylic acids is 1. The monoisotopic (exact) mass is 433 g/mol. The fourth-order valence-corrected chi connectivity index (χ4v) is 4.71. The van der Waals surface area contributed by atoms with Crippen molar-refractivity contribution < 1.29 is 19.4 Å². The molecule has 1 saturated carbocycles. The molecule has 0 atom stereocenters. The molecule has 1 heterocycles. The molecule has 7 heteroatoms. The summed E-state index contributed by atoms with van der Waals surface area (Å²) in [5, 5.41) is 13.0. The van der Waals surface area contributed by atoms with Crippen molar-refractivity contribution in [3.63, 3.8) is 0 Å². The van der Waals surface area contributed by atoms with E-state index < -0.39 is 5.97 Å². The van der Waals surface area contributed by atoms with Crippen LogP contribution in [0.2, 0.25) is 5.02 Å². The molecule has 0 radical (unpaired) electrons. The van der Waals surface area contributed by atoms with E-state index in [-0.39, 0.29) is 16.7 Å². The second-order valence-corrected chi connectivity index (χ2v) is 8.87. The zero-order valence-electron chi connectivity index (χ0n) is 16.4. The van der Waals surface area contributed by atoms with Gasteiger partial charge in [0.15, 0.2) is 0 Å². The number of rotatable bonds is 6. The van der Waals surface area contributed by atoms with E-state index >= 15 is 0 Å². The number of benzene rings is 1. The molecule has 0 aliphatic heterocycles. The number of hydrogen-bond acceptors (Lipinski definition) is 4. The Morgan fingerprint density at radius 2 is 1.86 bits per heavy atom. The largest absolute Gasteiger partial charge is 0.504 e. The molecule has 1 aliphatic carbocycles. The highest BCUT2D eigenvalue weighted by atomic mass is 35.5. The predicted molar refractivity (Wildman–Crippen MR) is 117 cm³/mol. The molecule has 0 bridgehead atoms. The summed E-state index contributed by atoms with van der Waals surface area (Å²) < 4.78 is 5.16. The Bertz CT molecular complexity index is 911. The van der Waals surface area contributed by atoms with Gasteiger partial charge in [-0.3, -0.25) is 4.79 Å². The average molecular weight is 434 g/mol. The number of anilines is 1. The number of carbonyl (C=O) groups excluding carboxylic acids is 1. The van der Waals surface area contributed by atoms with Gasteiger partial charge in [0.1, 0.15) is 4.88 Å². The number of hydrogen-bond donors (Lipinski definition) is 2. The van der Waals surface area contributed by atoms with E-state index in [1.54, 1.807) is 18.2 Å². The molecule has 0 unspecified atom stereocenters. The highest BCUT2D eigenvalue weighted by molar-refractivity contribution is 7.18. The van der Waals surface area contributed by atoms with E-state index in [1.807, 2.05) is 12.1 Å². The molecule has 0 saturated heterocycles. The van der Waals surface area contributed by atoms with Crippen molar-refractivity contribution in [1.29, 1.82) is 0 Å². The number of carboxylic acid groups (broad SMARTS) is 1. The van der Waals surface area contributed by atoms with Crippen molar-refractivity contribution in [3.05, 3.63) is 52.1 Å². The Balaban J connectivity index is 1.85. The molecule has 1 aromatic heterocycles. The topological polar surface area (TPSA) is 75.6 Å². The third-order valence-electron chi connectivity index (χ3n) is 5.27. The maximum absolute atomic E-state index is 13.0. The van der Waals surface area contributed by atoms with Gasteiger partial charge >= 0.3 is 5.97 Å². The van der Waals surface area contributed by atoms with E-state index in [2.05, 4.69) is 12.2 Å². The van der Waals surface area contributed by atoms with E-state index in [0.29, 0.717) is 22.2 Å². The minimum Gasteiger partial charge on any atom is -0.504 e. The van der Waals surface area contributed by atoms with Crippen LogP contribution in [-0.2, 0) is 9.53 Å². The minimum absolute atomic E-state index is 0.0948. The standard InChI is InChI=1S/C22H24ClNO4S/c1-13-3-5-14(6-4-13)17(12-28-2)21(25)24-18-11-19(29-20(18)22(26)27)15-7-9-16(23)10-8-15/h7-14H,3-6H2,1-2H3,(H,24,25)(H,26,27). The van der Waals surface area contributed by atoms with Crippen LogP contribution in [0.25, 0.3) is 10.4 Å².